The van der Waals surface area contributed by atoms with Crippen LogP contribution in [0, 0.1) is 0 Å². The van der Waals surface area contributed by atoms with Crippen LogP contribution in [0.1, 0.15) is 35.4 Å². The van der Waals surface area contributed by atoms with Gasteiger partial charge >= 0.3 is 0 Å². The first-order valence-electron chi connectivity index (χ1n) is 6.02. The highest BCUT2D eigenvalue weighted by Crippen LogP contribution is 2.31. The number of carbonyl (C=O) groups excluding carboxylic acids is 1. The summed E-state index contributed by atoms with van der Waals surface area (Å²) in [6, 6.07) is 2.98. The molecule has 0 atom stereocenters. The van der Waals surface area contributed by atoms with Gasteiger partial charge in [0, 0.05) is 11.4 Å². The molecule has 106 valence electrons. The maximum Gasteiger partial charge on any atom is 0.226 e. The van der Waals surface area contributed by atoms with Crippen LogP contribution in [0.25, 0.3) is 0 Å². The Balaban J connectivity index is 2.11. The van der Waals surface area contributed by atoms with Gasteiger partial charge in [-0.1, -0.05) is 35.3 Å². The minimum absolute atomic E-state index is 0.0649. The van der Waals surface area contributed by atoms with Gasteiger partial charge < -0.3 is 9.26 Å². The zero-order valence-corrected chi connectivity index (χ0v) is 12.2. The van der Waals surface area contributed by atoms with Crippen LogP contribution in [0.4, 0.5) is 0 Å². The second-order valence-electron chi connectivity index (χ2n) is 4.07. The van der Waals surface area contributed by atoms with E-state index in [1.54, 1.807) is 0 Å². The molecule has 0 bridgehead atoms. The van der Waals surface area contributed by atoms with Gasteiger partial charge in [0.2, 0.25) is 11.7 Å². The second-order valence-corrected chi connectivity index (χ2v) is 4.91. The van der Waals surface area contributed by atoms with Crippen molar-refractivity contribution in [3.8, 4) is 5.75 Å². The average Bonchev–Trinajstić information content (AvgIpc) is 2.85. The van der Waals surface area contributed by atoms with Gasteiger partial charge in [-0.2, -0.15) is 4.98 Å². The van der Waals surface area contributed by atoms with Crippen LogP contribution in [0.15, 0.2) is 16.7 Å². The molecule has 0 unspecified atom stereocenters. The summed E-state index contributed by atoms with van der Waals surface area (Å²) < 4.78 is 10.5. The Morgan fingerprint density at radius 2 is 2.20 bits per heavy atom. The van der Waals surface area contributed by atoms with E-state index in [4.69, 9.17) is 32.5 Å². The highest BCUT2D eigenvalue weighted by Gasteiger charge is 2.12. The van der Waals surface area contributed by atoms with Crippen molar-refractivity contribution in [3.63, 3.8) is 0 Å². The first-order valence-corrected chi connectivity index (χ1v) is 6.78. The second kappa shape index (κ2) is 6.72. The van der Waals surface area contributed by atoms with E-state index in [1.165, 1.54) is 12.1 Å². The summed E-state index contributed by atoms with van der Waals surface area (Å²) in [5, 5.41) is 4.41. The fourth-order valence-corrected chi connectivity index (χ4v) is 2.18. The number of carbonyl (C=O) groups is 1. The lowest BCUT2D eigenvalue weighted by Crippen LogP contribution is -2.01. The Hall–Kier alpha value is -1.59. The summed E-state index contributed by atoms with van der Waals surface area (Å²) in [5.41, 5.74) is 0.278. The minimum atomic E-state index is 0.0649. The maximum atomic E-state index is 11.0. The number of ether oxygens (including phenoxy) is 1. The zero-order chi connectivity index (χ0) is 14.5. The molecule has 2 rings (SSSR count). The van der Waals surface area contributed by atoms with Crippen molar-refractivity contribution in [1.82, 2.24) is 10.1 Å². The molecule has 2 aromatic rings. The lowest BCUT2D eigenvalue weighted by molar-refractivity contribution is 0.111. The number of aldehydes is 1. The standard InChI is InChI=1S/C13H12Cl2N2O3/c1-2-3-12-16-11(17-20-12)7-19-13-8(6-18)4-9(14)5-10(13)15/h4-6H,2-3,7H2,1H3. The van der Waals surface area contributed by atoms with Crippen LogP contribution >= 0.6 is 23.2 Å². The van der Waals surface area contributed by atoms with Gasteiger partial charge in [-0.15, -0.1) is 0 Å². The van der Waals surface area contributed by atoms with Crippen LogP contribution in [0.2, 0.25) is 10.0 Å². The molecule has 0 aliphatic heterocycles. The number of benzene rings is 1. The van der Waals surface area contributed by atoms with Crippen molar-refractivity contribution in [1.29, 1.82) is 0 Å². The molecule has 1 aromatic heterocycles. The van der Waals surface area contributed by atoms with Crippen LogP contribution in [-0.2, 0) is 13.0 Å². The molecule has 0 aliphatic rings. The molecular formula is C13H12Cl2N2O3. The van der Waals surface area contributed by atoms with Crippen LogP contribution in [0.3, 0.4) is 0 Å². The van der Waals surface area contributed by atoms with Crippen LogP contribution < -0.4 is 4.74 Å². The summed E-state index contributed by atoms with van der Waals surface area (Å²) in [5.74, 6) is 1.22. The van der Waals surface area contributed by atoms with Crippen molar-refractivity contribution in [3.05, 3.63) is 39.5 Å². The third-order valence-electron chi connectivity index (χ3n) is 2.48. The topological polar surface area (TPSA) is 65.2 Å². The quantitative estimate of drug-likeness (QED) is 0.760. The van der Waals surface area contributed by atoms with Crippen LogP contribution in [-0.4, -0.2) is 16.4 Å². The molecule has 0 saturated carbocycles. The monoisotopic (exact) mass is 314 g/mol. The fraction of sp³-hybridized carbons (Fsp3) is 0.308. The number of halogens is 2. The van der Waals surface area contributed by atoms with E-state index in [2.05, 4.69) is 10.1 Å². The van der Waals surface area contributed by atoms with Gasteiger partial charge in [0.1, 0.15) is 5.75 Å². The normalized spacial score (nSPS) is 10.6. The van der Waals surface area contributed by atoms with E-state index in [1.807, 2.05) is 6.92 Å². The van der Waals surface area contributed by atoms with Gasteiger partial charge in [-0.25, -0.2) is 0 Å². The van der Waals surface area contributed by atoms with Crippen molar-refractivity contribution < 1.29 is 14.1 Å². The largest absolute Gasteiger partial charge is 0.483 e. The van der Waals surface area contributed by atoms with E-state index in [0.717, 1.165) is 6.42 Å². The van der Waals surface area contributed by atoms with E-state index in [-0.39, 0.29) is 22.9 Å². The Kier molecular flexibility index (Phi) is 4.98. The molecular weight excluding hydrogens is 303 g/mol. The number of aromatic nitrogens is 2. The number of nitrogens with zero attached hydrogens (tertiary/aromatic N) is 2. The molecule has 7 heteroatoms. The molecule has 1 aromatic carbocycles. The number of rotatable bonds is 6. The minimum Gasteiger partial charge on any atom is -0.483 e. The molecule has 5 nitrogen and oxygen atoms in total. The first-order chi connectivity index (χ1) is 9.63. The summed E-state index contributed by atoms with van der Waals surface area (Å²) >= 11 is 11.8. The predicted octanol–water partition coefficient (Wildman–Crippen LogP) is 3.72. The molecule has 0 amide bonds. The maximum absolute atomic E-state index is 11.0. The zero-order valence-electron chi connectivity index (χ0n) is 10.7. The van der Waals surface area contributed by atoms with Gasteiger partial charge in [0.15, 0.2) is 12.9 Å². The lowest BCUT2D eigenvalue weighted by Gasteiger charge is -2.08. The van der Waals surface area contributed by atoms with Crippen molar-refractivity contribution in [2.75, 3.05) is 0 Å². The number of aryl methyl sites for hydroxylation is 1. The third kappa shape index (κ3) is 3.49. The number of hydrogen-bond donors (Lipinski definition) is 0. The van der Waals surface area contributed by atoms with E-state index in [0.29, 0.717) is 29.4 Å². The highest BCUT2D eigenvalue weighted by molar-refractivity contribution is 6.36. The Morgan fingerprint density at radius 3 is 2.90 bits per heavy atom. The van der Waals surface area contributed by atoms with Gasteiger partial charge in [0.25, 0.3) is 0 Å². The molecule has 20 heavy (non-hydrogen) atoms. The molecule has 0 N–H and O–H groups in total. The Morgan fingerprint density at radius 1 is 1.40 bits per heavy atom. The smallest absolute Gasteiger partial charge is 0.226 e. The van der Waals surface area contributed by atoms with Crippen molar-refractivity contribution >= 4 is 29.5 Å². The van der Waals surface area contributed by atoms with E-state index in [9.17, 15) is 4.79 Å². The third-order valence-corrected chi connectivity index (χ3v) is 2.98. The predicted molar refractivity (Wildman–Crippen MR) is 74.5 cm³/mol. The summed E-state index contributed by atoms with van der Waals surface area (Å²) in [7, 11) is 0. The summed E-state index contributed by atoms with van der Waals surface area (Å²) in [6.07, 6.45) is 2.26. The van der Waals surface area contributed by atoms with Gasteiger partial charge in [0.05, 0.1) is 10.6 Å². The summed E-state index contributed by atoms with van der Waals surface area (Å²) in [6.45, 7) is 2.08. The van der Waals surface area contributed by atoms with E-state index >= 15 is 0 Å². The van der Waals surface area contributed by atoms with Gasteiger partial charge in [-0.05, 0) is 18.6 Å². The molecule has 0 aliphatic carbocycles. The van der Waals surface area contributed by atoms with Crippen molar-refractivity contribution in [2.45, 2.75) is 26.4 Å². The molecule has 1 heterocycles. The summed E-state index contributed by atoms with van der Waals surface area (Å²) in [4.78, 5) is 15.1. The van der Waals surface area contributed by atoms with Crippen molar-refractivity contribution in [2.24, 2.45) is 0 Å². The van der Waals surface area contributed by atoms with Gasteiger partial charge in [-0.3, -0.25) is 4.79 Å². The molecule has 0 spiro atoms. The Labute approximate surface area is 125 Å². The number of hydrogen-bond acceptors (Lipinski definition) is 5. The molecule has 0 fully saturated rings. The highest BCUT2D eigenvalue weighted by atomic mass is 35.5. The van der Waals surface area contributed by atoms with Crippen LogP contribution in [0.5, 0.6) is 5.75 Å². The molecule has 0 radical (unpaired) electrons. The Bertz CT molecular complexity index is 614. The SMILES string of the molecule is CCCc1nc(COc2c(Cl)cc(Cl)cc2C=O)no1. The lowest BCUT2D eigenvalue weighted by atomic mass is 10.2. The van der Waals surface area contributed by atoms with E-state index < -0.39 is 0 Å². The fourth-order valence-electron chi connectivity index (χ4n) is 1.62. The average molecular weight is 315 g/mol. The first kappa shape index (κ1) is 14.8. The molecule has 0 saturated heterocycles.